The smallest absolute Gasteiger partial charge is 0.210 e. The molecule has 0 saturated carbocycles. The lowest BCUT2D eigenvalue weighted by Crippen LogP contribution is -2.29. The van der Waals surface area contributed by atoms with Crippen LogP contribution in [0.25, 0.3) is 5.69 Å². The van der Waals surface area contributed by atoms with Gasteiger partial charge in [-0.1, -0.05) is 25.1 Å². The minimum atomic E-state index is 0.934. The lowest BCUT2D eigenvalue weighted by molar-refractivity contribution is 0.747. The van der Waals surface area contributed by atoms with Gasteiger partial charge >= 0.3 is 0 Å². The maximum absolute atomic E-state index is 4.72. The lowest BCUT2D eigenvalue weighted by atomic mass is 10.3. The Morgan fingerprint density at radius 2 is 2.00 bits per heavy atom. The molecule has 0 aliphatic rings. The van der Waals surface area contributed by atoms with Gasteiger partial charge in [-0.05, 0) is 25.6 Å². The van der Waals surface area contributed by atoms with Crippen molar-refractivity contribution >= 4 is 5.95 Å². The molecule has 1 N–H and O–H groups in total. The first kappa shape index (κ1) is 13.6. The maximum atomic E-state index is 4.72. The number of benzene rings is 1. The molecule has 1 aromatic heterocycles. The van der Waals surface area contributed by atoms with Crippen molar-refractivity contribution in [3.05, 3.63) is 42.2 Å². The van der Waals surface area contributed by atoms with Gasteiger partial charge in [-0.2, -0.15) is 0 Å². The number of rotatable bonds is 6. The molecule has 0 bridgehead atoms. The molecule has 0 atom stereocenters. The molecule has 1 aromatic carbocycles. The third-order valence-electron chi connectivity index (χ3n) is 3.17. The summed E-state index contributed by atoms with van der Waals surface area (Å²) in [5.41, 5.74) is 2.27. The average molecular weight is 258 g/mol. The monoisotopic (exact) mass is 258 g/mol. The molecule has 0 aliphatic heterocycles. The van der Waals surface area contributed by atoms with E-state index in [0.717, 1.165) is 36.8 Å². The molecule has 0 fully saturated rings. The molecule has 102 valence electrons. The molecule has 2 aromatic rings. The molecule has 1 heterocycles. The molecule has 4 heteroatoms. The van der Waals surface area contributed by atoms with E-state index in [-0.39, 0.29) is 0 Å². The summed E-state index contributed by atoms with van der Waals surface area (Å²) in [6.07, 6.45) is 3.08. The Kier molecular flexibility index (Phi) is 4.58. The predicted octanol–water partition coefficient (Wildman–Crippen LogP) is 2.09. The van der Waals surface area contributed by atoms with E-state index in [1.807, 2.05) is 13.1 Å². The van der Waals surface area contributed by atoms with Crippen molar-refractivity contribution in [3.63, 3.8) is 0 Å². The Balaban J connectivity index is 2.34. The molecule has 0 radical (unpaired) electrons. The molecular formula is C15H22N4. The van der Waals surface area contributed by atoms with E-state index in [9.17, 15) is 0 Å². The van der Waals surface area contributed by atoms with Crippen molar-refractivity contribution in [2.24, 2.45) is 0 Å². The van der Waals surface area contributed by atoms with E-state index >= 15 is 0 Å². The normalized spacial score (nSPS) is 10.7. The summed E-state index contributed by atoms with van der Waals surface area (Å²) >= 11 is 0. The number of nitrogens with zero attached hydrogens (tertiary/aromatic N) is 3. The van der Waals surface area contributed by atoms with Crippen molar-refractivity contribution in [2.75, 3.05) is 32.1 Å². The molecule has 19 heavy (non-hydrogen) atoms. The number of hydrogen-bond acceptors (Lipinski definition) is 3. The quantitative estimate of drug-likeness (QED) is 0.861. The van der Waals surface area contributed by atoms with E-state index in [1.165, 1.54) is 0 Å². The van der Waals surface area contributed by atoms with Gasteiger partial charge in [-0.3, -0.25) is 4.57 Å². The van der Waals surface area contributed by atoms with Crippen LogP contribution in [0.1, 0.15) is 12.6 Å². The van der Waals surface area contributed by atoms with Gasteiger partial charge in [0.15, 0.2) is 0 Å². The second-order valence-corrected chi connectivity index (χ2v) is 4.62. The second kappa shape index (κ2) is 6.38. The van der Waals surface area contributed by atoms with Crippen LogP contribution in [-0.2, 0) is 6.42 Å². The largest absolute Gasteiger partial charge is 0.344 e. The van der Waals surface area contributed by atoms with Crippen LogP contribution in [0.4, 0.5) is 5.95 Å². The molecule has 0 unspecified atom stereocenters. The van der Waals surface area contributed by atoms with Crippen molar-refractivity contribution < 1.29 is 0 Å². The Hall–Kier alpha value is -1.81. The summed E-state index contributed by atoms with van der Waals surface area (Å²) in [7, 11) is 4.05. The zero-order valence-electron chi connectivity index (χ0n) is 11.9. The average Bonchev–Trinajstić information content (AvgIpc) is 2.90. The van der Waals surface area contributed by atoms with Gasteiger partial charge in [0, 0.05) is 32.0 Å². The van der Waals surface area contributed by atoms with Gasteiger partial charge in [0.25, 0.3) is 0 Å². The summed E-state index contributed by atoms with van der Waals surface area (Å²) in [6.45, 7) is 4.01. The van der Waals surface area contributed by atoms with Crippen LogP contribution in [0.2, 0.25) is 0 Å². The first-order valence-electron chi connectivity index (χ1n) is 6.75. The highest BCUT2D eigenvalue weighted by molar-refractivity contribution is 5.44. The second-order valence-electron chi connectivity index (χ2n) is 4.62. The van der Waals surface area contributed by atoms with E-state index in [4.69, 9.17) is 4.98 Å². The Morgan fingerprint density at radius 3 is 2.63 bits per heavy atom. The standard InChI is InChI=1S/C15H22N4/c1-4-13-12-19(14-8-6-5-7-9-14)15(17-13)18(3)11-10-16-2/h5-9,12,16H,4,10-11H2,1-3H3. The number of hydrogen-bond donors (Lipinski definition) is 1. The van der Waals surface area contributed by atoms with Crippen LogP contribution >= 0.6 is 0 Å². The van der Waals surface area contributed by atoms with Gasteiger partial charge in [-0.25, -0.2) is 4.98 Å². The Labute approximate surface area is 115 Å². The number of nitrogens with one attached hydrogen (secondary N) is 1. The first-order chi connectivity index (χ1) is 9.26. The number of anilines is 1. The van der Waals surface area contributed by atoms with Crippen LogP contribution in [0.5, 0.6) is 0 Å². The van der Waals surface area contributed by atoms with Gasteiger partial charge in [0.2, 0.25) is 5.95 Å². The van der Waals surface area contributed by atoms with E-state index in [2.05, 4.69) is 59.2 Å². The number of aryl methyl sites for hydroxylation is 1. The molecule has 0 spiro atoms. The maximum Gasteiger partial charge on any atom is 0.210 e. The van der Waals surface area contributed by atoms with E-state index in [1.54, 1.807) is 0 Å². The van der Waals surface area contributed by atoms with Crippen LogP contribution in [-0.4, -0.2) is 36.7 Å². The molecular weight excluding hydrogens is 236 g/mol. The van der Waals surface area contributed by atoms with Crippen molar-refractivity contribution in [2.45, 2.75) is 13.3 Å². The van der Waals surface area contributed by atoms with Crippen LogP contribution < -0.4 is 10.2 Å². The van der Waals surface area contributed by atoms with Gasteiger partial charge < -0.3 is 10.2 Å². The first-order valence-corrected chi connectivity index (χ1v) is 6.75. The van der Waals surface area contributed by atoms with E-state index < -0.39 is 0 Å². The highest BCUT2D eigenvalue weighted by Crippen LogP contribution is 2.19. The molecule has 0 saturated heterocycles. The summed E-state index contributed by atoms with van der Waals surface area (Å²) in [5.74, 6) is 0.998. The van der Waals surface area contributed by atoms with Crippen molar-refractivity contribution in [3.8, 4) is 5.69 Å². The fourth-order valence-electron chi connectivity index (χ4n) is 2.02. The highest BCUT2D eigenvalue weighted by atomic mass is 15.3. The van der Waals surface area contributed by atoms with Gasteiger partial charge in [0.05, 0.1) is 5.69 Å². The zero-order valence-corrected chi connectivity index (χ0v) is 11.9. The van der Waals surface area contributed by atoms with Gasteiger partial charge in [0.1, 0.15) is 0 Å². The topological polar surface area (TPSA) is 33.1 Å². The summed E-state index contributed by atoms with van der Waals surface area (Å²) in [5, 5.41) is 3.17. The van der Waals surface area contributed by atoms with E-state index in [0.29, 0.717) is 0 Å². The molecule has 4 nitrogen and oxygen atoms in total. The summed E-state index contributed by atoms with van der Waals surface area (Å²) < 4.78 is 2.16. The number of likely N-dealkylation sites (N-methyl/N-ethyl adjacent to an activating group) is 2. The lowest BCUT2D eigenvalue weighted by Gasteiger charge is -2.19. The third kappa shape index (κ3) is 3.15. The van der Waals surface area contributed by atoms with Crippen LogP contribution in [0.3, 0.4) is 0 Å². The predicted molar refractivity (Wildman–Crippen MR) is 80.1 cm³/mol. The minimum absolute atomic E-state index is 0.934. The number of aromatic nitrogens is 2. The van der Waals surface area contributed by atoms with Crippen molar-refractivity contribution in [1.29, 1.82) is 0 Å². The highest BCUT2D eigenvalue weighted by Gasteiger charge is 2.12. The summed E-state index contributed by atoms with van der Waals surface area (Å²) in [4.78, 5) is 6.90. The number of imidazole rings is 1. The fourth-order valence-corrected chi connectivity index (χ4v) is 2.02. The SMILES string of the molecule is CCc1cn(-c2ccccc2)c(N(C)CCNC)n1. The molecule has 0 aliphatic carbocycles. The number of para-hydroxylation sites is 1. The molecule has 2 rings (SSSR count). The summed E-state index contributed by atoms with van der Waals surface area (Å²) in [6, 6.07) is 10.4. The van der Waals surface area contributed by atoms with Crippen LogP contribution in [0, 0.1) is 0 Å². The van der Waals surface area contributed by atoms with Gasteiger partial charge in [-0.15, -0.1) is 0 Å². The molecule has 0 amide bonds. The minimum Gasteiger partial charge on any atom is -0.344 e. The van der Waals surface area contributed by atoms with Crippen molar-refractivity contribution in [1.82, 2.24) is 14.9 Å². The van der Waals surface area contributed by atoms with Crippen LogP contribution in [0.15, 0.2) is 36.5 Å². The zero-order chi connectivity index (χ0) is 13.7. The third-order valence-corrected chi connectivity index (χ3v) is 3.17. The fraction of sp³-hybridized carbons (Fsp3) is 0.400. The Bertz CT molecular complexity index is 504. The Morgan fingerprint density at radius 1 is 1.26 bits per heavy atom.